The highest BCUT2D eigenvalue weighted by atomic mass is 32.1. The highest BCUT2D eigenvalue weighted by molar-refractivity contribution is 7.13. The lowest BCUT2D eigenvalue weighted by atomic mass is 10.3. The van der Waals surface area contributed by atoms with Gasteiger partial charge in [0.1, 0.15) is 22.2 Å². The number of amides is 2. The first-order valence-electron chi connectivity index (χ1n) is 8.93. The van der Waals surface area contributed by atoms with E-state index in [1.807, 2.05) is 37.3 Å². The molecule has 1 aromatic carbocycles. The van der Waals surface area contributed by atoms with Crippen molar-refractivity contribution in [1.82, 2.24) is 14.8 Å². The molecule has 1 aromatic heterocycles. The molecule has 27 heavy (non-hydrogen) atoms. The Labute approximate surface area is 162 Å². The summed E-state index contributed by atoms with van der Waals surface area (Å²) in [5, 5.41) is 0.768. The lowest BCUT2D eigenvalue weighted by Gasteiger charge is -2.33. The average Bonchev–Trinajstić information content (AvgIpc) is 3.07. The molecule has 0 atom stereocenters. The number of hydrogen-bond donors (Lipinski definition) is 0. The molecule has 0 radical (unpaired) electrons. The van der Waals surface area contributed by atoms with E-state index in [0.29, 0.717) is 50.0 Å². The van der Waals surface area contributed by atoms with E-state index in [4.69, 9.17) is 9.47 Å². The minimum absolute atomic E-state index is 0.0422. The molecular formula is C19H23N3O4S. The zero-order valence-electron chi connectivity index (χ0n) is 15.5. The predicted octanol–water partition coefficient (Wildman–Crippen LogP) is 2.94. The Morgan fingerprint density at radius 3 is 2.44 bits per heavy atom. The van der Waals surface area contributed by atoms with Crippen LogP contribution >= 0.6 is 11.3 Å². The number of aryl methyl sites for hydroxylation is 1. The summed E-state index contributed by atoms with van der Waals surface area (Å²) in [5.41, 5.74) is 0.712. The topological polar surface area (TPSA) is 72.0 Å². The van der Waals surface area contributed by atoms with Gasteiger partial charge in [0.15, 0.2) is 0 Å². The van der Waals surface area contributed by atoms with Gasteiger partial charge in [-0.25, -0.2) is 9.78 Å². The molecule has 2 heterocycles. The smallest absolute Gasteiger partial charge is 0.409 e. The monoisotopic (exact) mass is 389 g/mol. The van der Waals surface area contributed by atoms with Crippen LogP contribution in [-0.2, 0) is 11.3 Å². The third kappa shape index (κ3) is 4.77. The summed E-state index contributed by atoms with van der Waals surface area (Å²) in [6.45, 7) is 6.24. The lowest BCUT2D eigenvalue weighted by Crippen LogP contribution is -2.50. The Hall–Kier alpha value is -2.61. The van der Waals surface area contributed by atoms with E-state index in [2.05, 4.69) is 4.98 Å². The summed E-state index contributed by atoms with van der Waals surface area (Å²) in [7, 11) is 0. The van der Waals surface area contributed by atoms with Crippen molar-refractivity contribution in [3.05, 3.63) is 45.9 Å². The Bertz CT molecular complexity index is 786. The third-order valence-corrected chi connectivity index (χ3v) is 5.35. The first kappa shape index (κ1) is 19.2. The van der Waals surface area contributed by atoms with Crippen molar-refractivity contribution in [2.45, 2.75) is 20.5 Å². The fourth-order valence-electron chi connectivity index (χ4n) is 2.82. The molecule has 7 nitrogen and oxygen atoms in total. The van der Waals surface area contributed by atoms with Gasteiger partial charge < -0.3 is 19.3 Å². The van der Waals surface area contributed by atoms with Crippen LogP contribution < -0.4 is 4.74 Å². The van der Waals surface area contributed by atoms with E-state index in [1.165, 1.54) is 11.3 Å². The van der Waals surface area contributed by atoms with Crippen LogP contribution in [0.2, 0.25) is 0 Å². The van der Waals surface area contributed by atoms with Crippen molar-refractivity contribution in [3.8, 4) is 5.75 Å². The molecule has 0 aliphatic carbocycles. The van der Waals surface area contributed by atoms with Gasteiger partial charge in [0.25, 0.3) is 5.91 Å². The molecule has 8 heteroatoms. The molecule has 1 fully saturated rings. The van der Waals surface area contributed by atoms with E-state index in [1.54, 1.807) is 16.7 Å². The highest BCUT2D eigenvalue weighted by Crippen LogP contribution is 2.22. The maximum atomic E-state index is 12.8. The van der Waals surface area contributed by atoms with Crippen LogP contribution in [0.3, 0.4) is 0 Å². The minimum atomic E-state index is -0.320. The second kappa shape index (κ2) is 8.85. The van der Waals surface area contributed by atoms with Gasteiger partial charge in [0.05, 0.1) is 12.3 Å². The van der Waals surface area contributed by atoms with Crippen molar-refractivity contribution in [1.29, 1.82) is 0 Å². The van der Waals surface area contributed by atoms with Crippen LogP contribution in [0, 0.1) is 6.92 Å². The van der Waals surface area contributed by atoms with E-state index in [-0.39, 0.29) is 12.0 Å². The number of carbonyl (C=O) groups is 2. The normalized spacial score (nSPS) is 14.1. The van der Waals surface area contributed by atoms with Crippen LogP contribution in [0.25, 0.3) is 0 Å². The van der Waals surface area contributed by atoms with Crippen LogP contribution in [-0.4, -0.2) is 59.6 Å². The van der Waals surface area contributed by atoms with Crippen molar-refractivity contribution in [2.24, 2.45) is 0 Å². The molecule has 2 amide bonds. The summed E-state index contributed by atoms with van der Waals surface area (Å²) in [5.74, 6) is 0.729. The molecule has 0 unspecified atom stereocenters. The second-order valence-electron chi connectivity index (χ2n) is 6.10. The van der Waals surface area contributed by atoms with Gasteiger partial charge in [-0.15, -0.1) is 11.3 Å². The molecule has 0 saturated carbocycles. The standard InChI is InChI=1S/C19H23N3O4S/c1-3-25-19(24)22-11-9-21(10-12-22)18(23)17-14(2)20-16(27-17)13-26-15-7-5-4-6-8-15/h4-8H,3,9-13H2,1-2H3. The van der Waals surface area contributed by atoms with Gasteiger partial charge in [-0.2, -0.15) is 0 Å². The minimum Gasteiger partial charge on any atom is -0.486 e. The number of ether oxygens (including phenoxy) is 2. The number of carbonyl (C=O) groups excluding carboxylic acids is 2. The quantitative estimate of drug-likeness (QED) is 0.786. The summed E-state index contributed by atoms with van der Waals surface area (Å²) < 4.78 is 10.7. The predicted molar refractivity (Wildman–Crippen MR) is 102 cm³/mol. The lowest BCUT2D eigenvalue weighted by molar-refractivity contribution is 0.0573. The third-order valence-electron chi connectivity index (χ3n) is 4.23. The van der Waals surface area contributed by atoms with Gasteiger partial charge >= 0.3 is 6.09 Å². The van der Waals surface area contributed by atoms with E-state index >= 15 is 0 Å². The van der Waals surface area contributed by atoms with Crippen molar-refractivity contribution in [2.75, 3.05) is 32.8 Å². The SMILES string of the molecule is CCOC(=O)N1CCN(C(=O)c2sc(COc3ccccc3)nc2C)CC1. The maximum absolute atomic E-state index is 12.8. The summed E-state index contributed by atoms with van der Waals surface area (Å²) in [6.07, 6.45) is -0.320. The van der Waals surface area contributed by atoms with Crippen LogP contribution in [0.4, 0.5) is 4.79 Å². The van der Waals surface area contributed by atoms with Crippen molar-refractivity contribution < 1.29 is 19.1 Å². The van der Waals surface area contributed by atoms with Crippen LogP contribution in [0.5, 0.6) is 5.75 Å². The summed E-state index contributed by atoms with van der Waals surface area (Å²) in [4.78, 5) is 33.1. The molecule has 0 N–H and O–H groups in total. The first-order valence-corrected chi connectivity index (χ1v) is 9.75. The first-order chi connectivity index (χ1) is 13.1. The van der Waals surface area contributed by atoms with Gasteiger partial charge in [-0.3, -0.25) is 4.79 Å². The molecule has 2 aromatic rings. The Morgan fingerprint density at radius 1 is 1.11 bits per heavy atom. The largest absolute Gasteiger partial charge is 0.486 e. The Kier molecular flexibility index (Phi) is 6.28. The van der Waals surface area contributed by atoms with Gasteiger partial charge in [-0.1, -0.05) is 18.2 Å². The molecule has 144 valence electrons. The number of nitrogens with zero attached hydrogens (tertiary/aromatic N) is 3. The van der Waals surface area contributed by atoms with E-state index < -0.39 is 0 Å². The highest BCUT2D eigenvalue weighted by Gasteiger charge is 2.27. The van der Waals surface area contributed by atoms with Crippen molar-refractivity contribution in [3.63, 3.8) is 0 Å². The molecule has 1 aliphatic heterocycles. The van der Waals surface area contributed by atoms with E-state index in [0.717, 1.165) is 10.8 Å². The van der Waals surface area contributed by atoms with Gasteiger partial charge in [-0.05, 0) is 26.0 Å². The molecular weight excluding hydrogens is 366 g/mol. The zero-order chi connectivity index (χ0) is 19.2. The Morgan fingerprint density at radius 2 is 1.78 bits per heavy atom. The molecule has 0 spiro atoms. The number of rotatable bonds is 5. The average molecular weight is 389 g/mol. The molecule has 1 saturated heterocycles. The van der Waals surface area contributed by atoms with Crippen LogP contribution in [0.1, 0.15) is 27.3 Å². The second-order valence-corrected chi connectivity index (χ2v) is 7.19. The fourth-order valence-corrected chi connectivity index (χ4v) is 3.77. The Balaban J connectivity index is 1.57. The summed E-state index contributed by atoms with van der Waals surface area (Å²) in [6, 6.07) is 9.52. The van der Waals surface area contributed by atoms with Crippen molar-refractivity contribution >= 4 is 23.3 Å². The maximum Gasteiger partial charge on any atom is 0.409 e. The number of piperazine rings is 1. The number of hydrogen-bond acceptors (Lipinski definition) is 6. The molecule has 3 rings (SSSR count). The molecule has 0 bridgehead atoms. The van der Waals surface area contributed by atoms with E-state index in [9.17, 15) is 9.59 Å². The number of para-hydroxylation sites is 1. The van der Waals surface area contributed by atoms with Gasteiger partial charge in [0.2, 0.25) is 0 Å². The summed E-state index contributed by atoms with van der Waals surface area (Å²) >= 11 is 1.36. The number of aromatic nitrogens is 1. The zero-order valence-corrected chi connectivity index (χ0v) is 16.3. The van der Waals surface area contributed by atoms with Gasteiger partial charge in [0, 0.05) is 26.2 Å². The van der Waals surface area contributed by atoms with Crippen LogP contribution in [0.15, 0.2) is 30.3 Å². The number of benzene rings is 1. The molecule has 1 aliphatic rings. The number of thiazole rings is 1. The fraction of sp³-hybridized carbons (Fsp3) is 0.421.